The van der Waals surface area contributed by atoms with Crippen molar-refractivity contribution in [2.45, 2.75) is 97.3 Å². The van der Waals surface area contributed by atoms with Gasteiger partial charge in [-0.3, -0.25) is 4.79 Å². The van der Waals surface area contributed by atoms with E-state index in [9.17, 15) is 9.90 Å². The van der Waals surface area contributed by atoms with Gasteiger partial charge in [0, 0.05) is 18.5 Å². The van der Waals surface area contributed by atoms with E-state index in [2.05, 4.69) is 75.5 Å². The van der Waals surface area contributed by atoms with Crippen LogP contribution < -0.4 is 5.32 Å². The smallest absolute Gasteiger partial charge is 0.305 e. The van der Waals surface area contributed by atoms with Crippen molar-refractivity contribution in [1.82, 2.24) is 5.32 Å². The van der Waals surface area contributed by atoms with Crippen LogP contribution in [0, 0.1) is 12.8 Å². The number of unbranched alkanes of at least 4 members (excludes halogenated alkanes) is 1. The Labute approximate surface area is 224 Å². The Kier molecular flexibility index (Phi) is 11.2. The number of ether oxygens (including phenoxy) is 2. The van der Waals surface area contributed by atoms with Gasteiger partial charge in [-0.25, -0.2) is 0 Å². The molecule has 0 saturated carbocycles. The lowest BCUT2D eigenvalue weighted by Gasteiger charge is -2.31. The predicted molar refractivity (Wildman–Crippen MR) is 150 cm³/mol. The zero-order valence-corrected chi connectivity index (χ0v) is 23.5. The molecule has 0 spiro atoms. The zero-order valence-electron chi connectivity index (χ0n) is 23.5. The fraction of sp³-hybridized carbons (Fsp3) is 0.594. The molecule has 2 aromatic rings. The Balaban J connectivity index is 1.42. The fourth-order valence-corrected chi connectivity index (χ4v) is 5.55. The molecule has 5 heteroatoms. The van der Waals surface area contributed by atoms with Gasteiger partial charge in [0.2, 0.25) is 0 Å². The van der Waals surface area contributed by atoms with E-state index in [4.69, 9.17) is 9.47 Å². The van der Waals surface area contributed by atoms with Crippen LogP contribution in [0.3, 0.4) is 0 Å². The SMILES string of the molecule is CCOC(=O)CCCCc1cc(C)ccc1[C@@H](C)OC[C@H](O)CNC(C)(C)CC1Cc2ccccc2C1. The number of aliphatic hydroxyl groups excluding tert-OH is 1. The first-order valence-corrected chi connectivity index (χ1v) is 14.0. The minimum Gasteiger partial charge on any atom is -0.466 e. The second-order valence-electron chi connectivity index (χ2n) is 11.4. The lowest BCUT2D eigenvalue weighted by Crippen LogP contribution is -2.45. The summed E-state index contributed by atoms with van der Waals surface area (Å²) in [5.41, 5.74) is 6.55. The summed E-state index contributed by atoms with van der Waals surface area (Å²) in [6, 6.07) is 15.2. The average Bonchev–Trinajstić information content (AvgIpc) is 3.25. The van der Waals surface area contributed by atoms with Gasteiger partial charge in [-0.1, -0.05) is 48.0 Å². The van der Waals surface area contributed by atoms with Gasteiger partial charge in [0.25, 0.3) is 0 Å². The van der Waals surface area contributed by atoms with E-state index in [-0.39, 0.29) is 24.2 Å². The number of nitrogens with one attached hydrogen (secondary N) is 1. The third kappa shape index (κ3) is 9.55. The molecule has 0 radical (unpaired) electrons. The molecule has 3 rings (SSSR count). The van der Waals surface area contributed by atoms with E-state index in [1.165, 1.54) is 22.3 Å². The van der Waals surface area contributed by atoms with Crippen molar-refractivity contribution in [2.24, 2.45) is 5.92 Å². The summed E-state index contributed by atoms with van der Waals surface area (Å²) in [5.74, 6) is 0.522. The molecule has 204 valence electrons. The highest BCUT2D eigenvalue weighted by Gasteiger charge is 2.28. The molecule has 0 aliphatic heterocycles. The van der Waals surface area contributed by atoms with Crippen LogP contribution >= 0.6 is 0 Å². The monoisotopic (exact) mass is 509 g/mol. The van der Waals surface area contributed by atoms with Gasteiger partial charge >= 0.3 is 5.97 Å². The number of fused-ring (bicyclic) bond motifs is 1. The Morgan fingerprint density at radius 3 is 2.51 bits per heavy atom. The number of hydrogen-bond acceptors (Lipinski definition) is 5. The summed E-state index contributed by atoms with van der Waals surface area (Å²) in [5, 5.41) is 14.2. The van der Waals surface area contributed by atoms with Crippen molar-refractivity contribution < 1.29 is 19.4 Å². The molecule has 0 heterocycles. The summed E-state index contributed by atoms with van der Waals surface area (Å²) in [6.45, 7) is 11.7. The van der Waals surface area contributed by atoms with Crippen LogP contribution in [0.4, 0.5) is 0 Å². The molecule has 0 saturated heterocycles. The summed E-state index contributed by atoms with van der Waals surface area (Å²) in [6.07, 6.45) is 5.79. The standard InChI is InChI=1S/C32H47NO4/c1-6-36-31(35)14-10-9-13-28-17-23(2)15-16-30(28)24(3)37-22-29(34)21-33-32(4,5)20-25-18-26-11-7-8-12-27(26)19-25/h7-8,11-12,15-17,24-25,29,33-34H,6,9-10,13-14,18-22H2,1-5H3/t24-,29-/m1/s1. The topological polar surface area (TPSA) is 67.8 Å². The van der Waals surface area contributed by atoms with Gasteiger partial charge < -0.3 is 19.9 Å². The molecule has 0 unspecified atom stereocenters. The number of rotatable bonds is 15. The summed E-state index contributed by atoms with van der Waals surface area (Å²) in [7, 11) is 0. The largest absolute Gasteiger partial charge is 0.466 e. The van der Waals surface area contributed by atoms with E-state index >= 15 is 0 Å². The minimum absolute atomic E-state index is 0.0486. The molecule has 0 aromatic heterocycles. The highest BCUT2D eigenvalue weighted by atomic mass is 16.5. The van der Waals surface area contributed by atoms with E-state index < -0.39 is 6.10 Å². The lowest BCUT2D eigenvalue weighted by molar-refractivity contribution is -0.143. The van der Waals surface area contributed by atoms with Crippen LogP contribution in [0.2, 0.25) is 0 Å². The van der Waals surface area contributed by atoms with Crippen molar-refractivity contribution >= 4 is 5.97 Å². The van der Waals surface area contributed by atoms with E-state index in [1.807, 2.05) is 6.92 Å². The highest BCUT2D eigenvalue weighted by molar-refractivity contribution is 5.69. The molecule has 0 bridgehead atoms. The highest BCUT2D eigenvalue weighted by Crippen LogP contribution is 2.32. The number of β-amino-alcohol motifs (C(OH)–C–C–N with tert-alkyl or cyclic N) is 1. The van der Waals surface area contributed by atoms with Gasteiger partial charge in [0.05, 0.1) is 25.4 Å². The van der Waals surface area contributed by atoms with E-state index in [0.29, 0.717) is 25.5 Å². The van der Waals surface area contributed by atoms with E-state index in [1.54, 1.807) is 0 Å². The third-order valence-corrected chi connectivity index (χ3v) is 7.41. The van der Waals surface area contributed by atoms with Crippen molar-refractivity contribution in [3.8, 4) is 0 Å². The first kappa shape index (κ1) is 29.3. The molecule has 1 aliphatic carbocycles. The Hall–Kier alpha value is -2.21. The van der Waals surface area contributed by atoms with Crippen LogP contribution in [0.1, 0.15) is 87.3 Å². The number of carbonyl (C=O) groups excluding carboxylic acids is 1. The third-order valence-electron chi connectivity index (χ3n) is 7.41. The Morgan fingerprint density at radius 2 is 1.84 bits per heavy atom. The molecule has 0 amide bonds. The fourth-order valence-electron chi connectivity index (χ4n) is 5.55. The van der Waals surface area contributed by atoms with Crippen LogP contribution in [-0.4, -0.2) is 42.5 Å². The van der Waals surface area contributed by atoms with E-state index in [0.717, 1.165) is 44.1 Å². The number of hydrogen-bond donors (Lipinski definition) is 2. The van der Waals surface area contributed by atoms with Crippen LogP contribution in [0.5, 0.6) is 0 Å². The van der Waals surface area contributed by atoms with Crippen molar-refractivity contribution in [3.05, 3.63) is 70.3 Å². The first-order valence-electron chi connectivity index (χ1n) is 14.0. The van der Waals surface area contributed by atoms with Gasteiger partial charge in [-0.05, 0) is 101 Å². The van der Waals surface area contributed by atoms with Crippen molar-refractivity contribution in [3.63, 3.8) is 0 Å². The summed E-state index contributed by atoms with van der Waals surface area (Å²) >= 11 is 0. The number of esters is 1. The number of aliphatic hydroxyl groups is 1. The molecule has 5 nitrogen and oxygen atoms in total. The van der Waals surface area contributed by atoms with Gasteiger partial charge in [0.1, 0.15) is 0 Å². The van der Waals surface area contributed by atoms with Crippen molar-refractivity contribution in [2.75, 3.05) is 19.8 Å². The molecule has 2 aromatic carbocycles. The van der Waals surface area contributed by atoms with Gasteiger partial charge in [0.15, 0.2) is 0 Å². The first-order chi connectivity index (χ1) is 17.7. The molecule has 2 N–H and O–H groups in total. The van der Waals surface area contributed by atoms with Crippen LogP contribution in [-0.2, 0) is 33.5 Å². The molecule has 0 fully saturated rings. The predicted octanol–water partition coefficient (Wildman–Crippen LogP) is 5.88. The number of benzene rings is 2. The van der Waals surface area contributed by atoms with Crippen molar-refractivity contribution in [1.29, 1.82) is 0 Å². The molecule has 2 atom stereocenters. The normalized spacial score (nSPS) is 15.4. The van der Waals surface area contributed by atoms with Crippen LogP contribution in [0.25, 0.3) is 0 Å². The summed E-state index contributed by atoms with van der Waals surface area (Å²) < 4.78 is 11.2. The Bertz CT molecular complexity index is 977. The molecule has 1 aliphatic rings. The molecular weight excluding hydrogens is 462 g/mol. The number of aryl methyl sites for hydroxylation is 2. The second-order valence-corrected chi connectivity index (χ2v) is 11.4. The average molecular weight is 510 g/mol. The minimum atomic E-state index is -0.569. The van der Waals surface area contributed by atoms with Gasteiger partial charge in [-0.2, -0.15) is 0 Å². The summed E-state index contributed by atoms with van der Waals surface area (Å²) in [4.78, 5) is 11.6. The Morgan fingerprint density at radius 1 is 1.14 bits per heavy atom. The lowest BCUT2D eigenvalue weighted by atomic mass is 9.88. The quantitative estimate of drug-likeness (QED) is 0.232. The second kappa shape index (κ2) is 14.1. The maximum absolute atomic E-state index is 11.6. The number of carbonyl (C=O) groups is 1. The molecule has 37 heavy (non-hydrogen) atoms. The zero-order chi connectivity index (χ0) is 26.8. The maximum atomic E-state index is 11.6. The van der Waals surface area contributed by atoms with Crippen LogP contribution in [0.15, 0.2) is 42.5 Å². The molecular formula is C32H47NO4. The maximum Gasteiger partial charge on any atom is 0.305 e. The van der Waals surface area contributed by atoms with Gasteiger partial charge in [-0.15, -0.1) is 0 Å².